The summed E-state index contributed by atoms with van der Waals surface area (Å²) in [5.74, 6) is -0.415. The number of nitrogens with zero attached hydrogens (tertiary/aromatic N) is 2. The van der Waals surface area contributed by atoms with Crippen LogP contribution in [0.4, 0.5) is 4.39 Å². The lowest BCUT2D eigenvalue weighted by atomic mass is 10.0. The van der Waals surface area contributed by atoms with Crippen LogP contribution < -0.4 is 0 Å². The quantitative estimate of drug-likeness (QED) is 0.892. The summed E-state index contributed by atoms with van der Waals surface area (Å²) >= 11 is 3.13. The Kier molecular flexibility index (Phi) is 4.94. The Labute approximate surface area is 126 Å². The number of hydrogen-bond acceptors (Lipinski definition) is 2. The van der Waals surface area contributed by atoms with Gasteiger partial charge in [0.2, 0.25) is 0 Å². The molecule has 1 aromatic heterocycles. The van der Waals surface area contributed by atoms with Crippen molar-refractivity contribution in [3.63, 3.8) is 0 Å². The fourth-order valence-corrected chi connectivity index (χ4v) is 2.39. The van der Waals surface area contributed by atoms with Gasteiger partial charge in [0.05, 0.1) is 16.3 Å². The van der Waals surface area contributed by atoms with Crippen LogP contribution in [0.25, 0.3) is 0 Å². The van der Waals surface area contributed by atoms with Crippen molar-refractivity contribution in [1.82, 2.24) is 9.78 Å². The molecule has 5 heteroatoms. The molecule has 0 spiro atoms. The van der Waals surface area contributed by atoms with Crippen LogP contribution in [0.15, 0.2) is 34.9 Å². The van der Waals surface area contributed by atoms with Crippen LogP contribution in [0.5, 0.6) is 0 Å². The largest absolute Gasteiger partial charge is 0.388 e. The van der Waals surface area contributed by atoms with Crippen LogP contribution in [0, 0.1) is 5.82 Å². The summed E-state index contributed by atoms with van der Waals surface area (Å²) in [5, 5.41) is 14.6. The van der Waals surface area contributed by atoms with Crippen LogP contribution in [0.1, 0.15) is 43.7 Å². The van der Waals surface area contributed by atoms with Crippen molar-refractivity contribution in [2.24, 2.45) is 0 Å². The lowest BCUT2D eigenvalue weighted by Gasteiger charge is -2.12. The highest BCUT2D eigenvalue weighted by Crippen LogP contribution is 2.25. The molecule has 0 saturated heterocycles. The highest BCUT2D eigenvalue weighted by Gasteiger charge is 2.16. The zero-order valence-electron chi connectivity index (χ0n) is 11.6. The molecule has 1 N–H and O–H groups in total. The van der Waals surface area contributed by atoms with Gasteiger partial charge in [-0.15, -0.1) is 0 Å². The third kappa shape index (κ3) is 3.27. The maximum atomic E-state index is 13.9. The lowest BCUT2D eigenvalue weighted by molar-refractivity contribution is 0.172. The Morgan fingerprint density at radius 3 is 2.85 bits per heavy atom. The minimum Gasteiger partial charge on any atom is -0.388 e. The van der Waals surface area contributed by atoms with Crippen molar-refractivity contribution in [3.8, 4) is 0 Å². The van der Waals surface area contributed by atoms with Crippen LogP contribution in [-0.2, 0) is 6.42 Å². The third-order valence-electron chi connectivity index (χ3n) is 3.45. The van der Waals surface area contributed by atoms with Crippen molar-refractivity contribution in [2.45, 2.75) is 38.8 Å². The maximum Gasteiger partial charge on any atom is 0.143 e. The van der Waals surface area contributed by atoms with Gasteiger partial charge in [-0.2, -0.15) is 5.10 Å². The summed E-state index contributed by atoms with van der Waals surface area (Å²) < 4.78 is 16.1. The fraction of sp³-hybridized carbons (Fsp3) is 0.400. The second-order valence-electron chi connectivity index (χ2n) is 4.91. The number of rotatable bonds is 5. The van der Waals surface area contributed by atoms with Crippen LogP contribution in [-0.4, -0.2) is 14.9 Å². The first kappa shape index (κ1) is 15.2. The molecule has 1 heterocycles. The van der Waals surface area contributed by atoms with Gasteiger partial charge in [0.25, 0.3) is 0 Å². The van der Waals surface area contributed by atoms with Gasteiger partial charge in [-0.25, -0.2) is 4.39 Å². The molecule has 3 nitrogen and oxygen atoms in total. The van der Waals surface area contributed by atoms with Gasteiger partial charge < -0.3 is 5.11 Å². The number of hydrogen-bond donors (Lipinski definition) is 1. The second kappa shape index (κ2) is 6.50. The van der Waals surface area contributed by atoms with E-state index in [4.69, 9.17) is 0 Å². The first-order valence-electron chi connectivity index (χ1n) is 6.69. The van der Waals surface area contributed by atoms with Crippen molar-refractivity contribution >= 4 is 15.9 Å². The van der Waals surface area contributed by atoms with E-state index in [-0.39, 0.29) is 5.56 Å². The molecule has 0 amide bonds. The molecule has 0 radical (unpaired) electrons. The van der Waals surface area contributed by atoms with E-state index >= 15 is 0 Å². The molecule has 1 aromatic carbocycles. The summed E-state index contributed by atoms with van der Waals surface area (Å²) in [6.45, 7) is 4.18. The Bertz CT molecular complexity index is 585. The second-order valence-corrected chi connectivity index (χ2v) is 5.76. The van der Waals surface area contributed by atoms with Crippen molar-refractivity contribution < 1.29 is 9.50 Å². The van der Waals surface area contributed by atoms with E-state index in [0.29, 0.717) is 16.9 Å². The minimum atomic E-state index is -0.896. The van der Waals surface area contributed by atoms with Gasteiger partial charge in [0.15, 0.2) is 0 Å². The van der Waals surface area contributed by atoms with Gasteiger partial charge in [-0.3, -0.25) is 4.68 Å². The zero-order valence-corrected chi connectivity index (χ0v) is 13.1. The first-order chi connectivity index (χ1) is 9.52. The predicted octanol–water partition coefficient (Wildman–Crippen LogP) is 4.03. The SMILES string of the molecule is CCC(C)n1ccc(CC(O)c2cccc(Br)c2F)n1. The smallest absolute Gasteiger partial charge is 0.143 e. The average molecular weight is 341 g/mol. The van der Waals surface area contributed by atoms with E-state index in [9.17, 15) is 9.50 Å². The van der Waals surface area contributed by atoms with E-state index < -0.39 is 11.9 Å². The highest BCUT2D eigenvalue weighted by molar-refractivity contribution is 9.10. The van der Waals surface area contributed by atoms with Crippen LogP contribution in [0.2, 0.25) is 0 Å². The molecular formula is C15H18BrFN2O. The minimum absolute atomic E-state index is 0.289. The van der Waals surface area contributed by atoms with Gasteiger partial charge in [0.1, 0.15) is 5.82 Å². The molecule has 20 heavy (non-hydrogen) atoms. The standard InChI is InChI=1S/C15H18BrFN2O/c1-3-10(2)19-8-7-11(18-19)9-14(20)12-5-4-6-13(16)15(12)17/h4-8,10,14,20H,3,9H2,1-2H3. The molecular weight excluding hydrogens is 323 g/mol. The van der Waals surface area contributed by atoms with Crippen LogP contribution >= 0.6 is 15.9 Å². The normalized spacial score (nSPS) is 14.2. The summed E-state index contributed by atoms with van der Waals surface area (Å²) in [7, 11) is 0. The summed E-state index contributed by atoms with van der Waals surface area (Å²) in [6, 6.07) is 7.11. The van der Waals surface area contributed by atoms with Gasteiger partial charge in [0, 0.05) is 24.2 Å². The number of aromatic nitrogens is 2. The first-order valence-corrected chi connectivity index (χ1v) is 7.48. The molecule has 108 valence electrons. The summed E-state index contributed by atoms with van der Waals surface area (Å²) in [6.07, 6.45) is 2.29. The lowest BCUT2D eigenvalue weighted by Crippen LogP contribution is -2.08. The third-order valence-corrected chi connectivity index (χ3v) is 4.06. The van der Waals surface area contributed by atoms with Crippen LogP contribution in [0.3, 0.4) is 0 Å². The van der Waals surface area contributed by atoms with Crippen molar-refractivity contribution in [1.29, 1.82) is 0 Å². The summed E-state index contributed by atoms with van der Waals surface area (Å²) in [5.41, 5.74) is 1.05. The average Bonchev–Trinajstić information content (AvgIpc) is 2.89. The van der Waals surface area contributed by atoms with E-state index in [1.54, 1.807) is 18.2 Å². The molecule has 0 fully saturated rings. The van der Waals surface area contributed by atoms with E-state index in [1.807, 2.05) is 16.9 Å². The maximum absolute atomic E-state index is 13.9. The molecule has 2 rings (SSSR count). The van der Waals surface area contributed by atoms with Gasteiger partial charge >= 0.3 is 0 Å². The van der Waals surface area contributed by atoms with E-state index in [0.717, 1.165) is 12.1 Å². The van der Waals surface area contributed by atoms with Crippen molar-refractivity contribution in [3.05, 3.63) is 52.0 Å². The molecule has 2 unspecified atom stereocenters. The molecule has 0 aliphatic rings. The van der Waals surface area contributed by atoms with E-state index in [1.165, 1.54) is 0 Å². The number of halogens is 2. The molecule has 2 aromatic rings. The van der Waals surface area contributed by atoms with E-state index in [2.05, 4.69) is 34.9 Å². The predicted molar refractivity (Wildman–Crippen MR) is 80.0 cm³/mol. The topological polar surface area (TPSA) is 38.0 Å². The molecule has 0 saturated carbocycles. The fourth-order valence-electron chi connectivity index (χ4n) is 2.00. The van der Waals surface area contributed by atoms with Gasteiger partial charge in [-0.1, -0.05) is 19.1 Å². The van der Waals surface area contributed by atoms with Crippen molar-refractivity contribution in [2.75, 3.05) is 0 Å². The Balaban J connectivity index is 2.13. The Morgan fingerprint density at radius 1 is 1.40 bits per heavy atom. The number of aliphatic hydroxyl groups is 1. The molecule has 2 atom stereocenters. The number of aliphatic hydroxyl groups excluding tert-OH is 1. The zero-order chi connectivity index (χ0) is 14.7. The molecule has 0 aliphatic carbocycles. The Hall–Kier alpha value is -1.20. The Morgan fingerprint density at radius 2 is 2.15 bits per heavy atom. The highest BCUT2D eigenvalue weighted by atomic mass is 79.9. The summed E-state index contributed by atoms with van der Waals surface area (Å²) in [4.78, 5) is 0. The monoisotopic (exact) mass is 340 g/mol. The molecule has 0 aliphatic heterocycles. The van der Waals surface area contributed by atoms with Gasteiger partial charge in [-0.05, 0) is 41.4 Å². The number of benzene rings is 1. The molecule has 0 bridgehead atoms.